The van der Waals surface area contributed by atoms with Crippen LogP contribution in [0.3, 0.4) is 0 Å². The Hall–Kier alpha value is -2.92. The van der Waals surface area contributed by atoms with Gasteiger partial charge < -0.3 is 9.80 Å². The fourth-order valence-corrected chi connectivity index (χ4v) is 3.97. The molecule has 0 fully saturated rings. The average molecular weight is 421 g/mol. The van der Waals surface area contributed by atoms with Crippen LogP contribution in [0.4, 0.5) is 0 Å². The molecule has 0 radical (unpaired) electrons. The maximum Gasteiger partial charge on any atom is 0.254 e. The lowest BCUT2D eigenvalue weighted by Gasteiger charge is -2.28. The monoisotopic (exact) mass is 420 g/mol. The zero-order valence-electron chi connectivity index (χ0n) is 17.4. The van der Waals surface area contributed by atoms with Crippen molar-refractivity contribution >= 4 is 23.2 Å². The molecular formula is C25H28N2O2S. The molecule has 3 aromatic rings. The van der Waals surface area contributed by atoms with Crippen LogP contribution >= 0.6 is 11.3 Å². The van der Waals surface area contributed by atoms with Gasteiger partial charge in [-0.15, -0.1) is 11.3 Å². The van der Waals surface area contributed by atoms with Gasteiger partial charge in [-0.3, -0.25) is 9.59 Å². The smallest absolute Gasteiger partial charge is 0.254 e. The predicted molar refractivity (Wildman–Crippen MR) is 122 cm³/mol. The molecule has 0 aliphatic heterocycles. The predicted octanol–water partition coefficient (Wildman–Crippen LogP) is 5.22. The third-order valence-corrected chi connectivity index (χ3v) is 5.77. The van der Waals surface area contributed by atoms with Gasteiger partial charge in [0, 0.05) is 23.5 Å². The molecule has 0 N–H and O–H groups in total. The summed E-state index contributed by atoms with van der Waals surface area (Å²) in [5, 5.41) is 2.02. The van der Waals surface area contributed by atoms with E-state index in [4.69, 9.17) is 0 Å². The van der Waals surface area contributed by atoms with Crippen molar-refractivity contribution in [1.82, 2.24) is 9.80 Å². The van der Waals surface area contributed by atoms with E-state index in [0.717, 1.165) is 23.3 Å². The molecule has 2 aromatic carbocycles. The molecule has 0 saturated heterocycles. The van der Waals surface area contributed by atoms with Crippen LogP contribution in [0.1, 0.15) is 40.6 Å². The number of rotatable bonds is 10. The standard InChI is InChI=1S/C25H28N2O2S/c1-2-3-16-26(25(29)22-13-8-5-9-14-22)20-24(28)27(19-23-15-10-17-30-23)18-21-11-6-4-7-12-21/h4-15,17H,2-3,16,18-20H2,1H3. The summed E-state index contributed by atoms with van der Waals surface area (Å²) in [5.41, 5.74) is 1.70. The SMILES string of the molecule is CCCCN(CC(=O)N(Cc1ccccc1)Cc1cccs1)C(=O)c1ccccc1. The molecule has 4 nitrogen and oxygen atoms in total. The van der Waals surface area contributed by atoms with Crippen molar-refractivity contribution in [3.63, 3.8) is 0 Å². The van der Waals surface area contributed by atoms with Gasteiger partial charge in [-0.1, -0.05) is 67.9 Å². The van der Waals surface area contributed by atoms with Crippen molar-refractivity contribution in [3.8, 4) is 0 Å². The van der Waals surface area contributed by atoms with Gasteiger partial charge in [0.15, 0.2) is 0 Å². The van der Waals surface area contributed by atoms with Gasteiger partial charge in [0.05, 0.1) is 6.54 Å². The molecule has 0 aliphatic rings. The number of amides is 2. The first-order valence-electron chi connectivity index (χ1n) is 10.4. The van der Waals surface area contributed by atoms with Crippen LogP contribution in [0.15, 0.2) is 78.2 Å². The van der Waals surface area contributed by atoms with Crippen molar-refractivity contribution in [3.05, 3.63) is 94.2 Å². The van der Waals surface area contributed by atoms with Crippen LogP contribution in [0.5, 0.6) is 0 Å². The van der Waals surface area contributed by atoms with Crippen LogP contribution in [0.2, 0.25) is 0 Å². The first-order chi connectivity index (χ1) is 14.7. The highest BCUT2D eigenvalue weighted by Crippen LogP contribution is 2.16. The molecule has 0 saturated carbocycles. The molecule has 30 heavy (non-hydrogen) atoms. The molecule has 156 valence electrons. The first kappa shape index (κ1) is 21.8. The lowest BCUT2D eigenvalue weighted by Crippen LogP contribution is -2.42. The quantitative estimate of drug-likeness (QED) is 0.451. The van der Waals surface area contributed by atoms with E-state index in [0.29, 0.717) is 25.2 Å². The zero-order valence-corrected chi connectivity index (χ0v) is 18.2. The number of nitrogens with zero attached hydrogens (tertiary/aromatic N) is 2. The van der Waals surface area contributed by atoms with E-state index >= 15 is 0 Å². The minimum absolute atomic E-state index is 0.0346. The fraction of sp³-hybridized carbons (Fsp3) is 0.280. The maximum atomic E-state index is 13.3. The van der Waals surface area contributed by atoms with Crippen LogP contribution in [0.25, 0.3) is 0 Å². The third-order valence-electron chi connectivity index (χ3n) is 4.91. The number of thiophene rings is 1. The molecule has 1 aromatic heterocycles. The second-order valence-electron chi connectivity index (χ2n) is 7.26. The Morgan fingerprint density at radius 2 is 1.53 bits per heavy atom. The molecule has 2 amide bonds. The Labute approximate surface area is 182 Å². The summed E-state index contributed by atoms with van der Waals surface area (Å²) < 4.78 is 0. The minimum Gasteiger partial charge on any atom is -0.332 e. The van der Waals surface area contributed by atoms with E-state index in [1.807, 2.05) is 70.9 Å². The van der Waals surface area contributed by atoms with Crippen LogP contribution in [0, 0.1) is 0 Å². The normalized spacial score (nSPS) is 10.6. The van der Waals surface area contributed by atoms with Gasteiger partial charge in [-0.2, -0.15) is 0 Å². The number of carbonyl (C=O) groups is 2. The van der Waals surface area contributed by atoms with E-state index in [9.17, 15) is 9.59 Å². The summed E-state index contributed by atoms with van der Waals surface area (Å²) >= 11 is 1.64. The molecule has 0 bridgehead atoms. The van der Waals surface area contributed by atoms with Crippen molar-refractivity contribution < 1.29 is 9.59 Å². The minimum atomic E-state index is -0.0896. The molecule has 0 spiro atoms. The Morgan fingerprint density at radius 1 is 0.833 bits per heavy atom. The number of hydrogen-bond acceptors (Lipinski definition) is 3. The molecule has 5 heteroatoms. The summed E-state index contributed by atoms with van der Waals surface area (Å²) in [6.45, 7) is 3.83. The second-order valence-corrected chi connectivity index (χ2v) is 8.29. The average Bonchev–Trinajstić information content (AvgIpc) is 3.30. The molecule has 3 rings (SSSR count). The summed E-state index contributed by atoms with van der Waals surface area (Å²) in [5.74, 6) is -0.124. The summed E-state index contributed by atoms with van der Waals surface area (Å²) in [7, 11) is 0. The topological polar surface area (TPSA) is 40.6 Å². The van der Waals surface area contributed by atoms with Crippen molar-refractivity contribution in [2.45, 2.75) is 32.9 Å². The van der Waals surface area contributed by atoms with Gasteiger partial charge in [0.2, 0.25) is 5.91 Å². The molecule has 1 heterocycles. The van der Waals surface area contributed by atoms with Gasteiger partial charge in [0.1, 0.15) is 6.54 Å². The van der Waals surface area contributed by atoms with Crippen molar-refractivity contribution in [1.29, 1.82) is 0 Å². The molecule has 0 unspecified atom stereocenters. The third kappa shape index (κ3) is 6.29. The Balaban J connectivity index is 1.77. The molecule has 0 aliphatic carbocycles. The number of carbonyl (C=O) groups excluding carboxylic acids is 2. The van der Waals surface area contributed by atoms with Gasteiger partial charge in [-0.05, 0) is 35.6 Å². The Kier molecular flexibility index (Phi) is 8.21. The number of hydrogen-bond donors (Lipinski definition) is 0. The Morgan fingerprint density at radius 3 is 2.17 bits per heavy atom. The lowest BCUT2D eigenvalue weighted by molar-refractivity contribution is -0.133. The van der Waals surface area contributed by atoms with Gasteiger partial charge >= 0.3 is 0 Å². The van der Waals surface area contributed by atoms with E-state index in [2.05, 4.69) is 6.92 Å². The summed E-state index contributed by atoms with van der Waals surface area (Å²) in [4.78, 5) is 31.0. The second kappa shape index (κ2) is 11.3. The first-order valence-corrected chi connectivity index (χ1v) is 11.2. The Bertz CT molecular complexity index is 911. The molecule has 0 atom stereocenters. The summed E-state index contributed by atoms with van der Waals surface area (Å²) in [6.07, 6.45) is 1.84. The van der Waals surface area contributed by atoms with Crippen LogP contribution in [-0.4, -0.2) is 34.7 Å². The zero-order chi connectivity index (χ0) is 21.2. The number of benzene rings is 2. The van der Waals surface area contributed by atoms with Gasteiger partial charge in [-0.25, -0.2) is 0 Å². The number of unbranched alkanes of at least 4 members (excludes halogenated alkanes) is 1. The largest absolute Gasteiger partial charge is 0.332 e. The highest BCUT2D eigenvalue weighted by Gasteiger charge is 2.22. The van der Waals surface area contributed by atoms with E-state index < -0.39 is 0 Å². The van der Waals surface area contributed by atoms with Crippen molar-refractivity contribution in [2.24, 2.45) is 0 Å². The van der Waals surface area contributed by atoms with E-state index in [1.165, 1.54) is 0 Å². The lowest BCUT2D eigenvalue weighted by atomic mass is 10.1. The highest BCUT2D eigenvalue weighted by molar-refractivity contribution is 7.09. The van der Waals surface area contributed by atoms with E-state index in [1.54, 1.807) is 28.4 Å². The fourth-order valence-electron chi connectivity index (χ4n) is 3.25. The van der Waals surface area contributed by atoms with Gasteiger partial charge in [0.25, 0.3) is 5.91 Å². The van der Waals surface area contributed by atoms with Crippen LogP contribution < -0.4 is 0 Å². The maximum absolute atomic E-state index is 13.3. The highest BCUT2D eigenvalue weighted by atomic mass is 32.1. The molecular weight excluding hydrogens is 392 g/mol. The van der Waals surface area contributed by atoms with Crippen LogP contribution in [-0.2, 0) is 17.9 Å². The van der Waals surface area contributed by atoms with Crippen molar-refractivity contribution in [2.75, 3.05) is 13.1 Å². The van der Waals surface area contributed by atoms with E-state index in [-0.39, 0.29) is 18.4 Å². The summed E-state index contributed by atoms with van der Waals surface area (Å²) in [6, 6.07) is 23.2.